The number of aromatic carboxylic acids is 1. The average Bonchev–Trinajstić information content (AvgIpc) is 2.75. The van der Waals surface area contributed by atoms with Crippen molar-refractivity contribution in [3.8, 4) is 11.5 Å². The van der Waals surface area contributed by atoms with Gasteiger partial charge in [0, 0.05) is 13.2 Å². The van der Waals surface area contributed by atoms with Crippen LogP contribution in [0.25, 0.3) is 11.0 Å². The molecule has 0 fully saturated rings. The van der Waals surface area contributed by atoms with Crippen molar-refractivity contribution < 1.29 is 14.6 Å². The number of fused-ring (bicyclic) bond motifs is 1. The fourth-order valence-electron chi connectivity index (χ4n) is 2.24. The highest BCUT2D eigenvalue weighted by molar-refractivity contribution is 5.99. The highest BCUT2D eigenvalue weighted by Crippen LogP contribution is 2.34. The predicted molar refractivity (Wildman–Crippen MR) is 76.7 cm³/mol. The number of carbonyl (C=O) groups is 1. The van der Waals surface area contributed by atoms with Gasteiger partial charge in [-0.15, -0.1) is 0 Å². The molecule has 0 spiro atoms. The Labute approximate surface area is 120 Å². The minimum absolute atomic E-state index is 0.0162. The van der Waals surface area contributed by atoms with Gasteiger partial charge in [0.2, 0.25) is 0 Å². The molecular weight excluding hydrogens is 270 g/mol. The lowest BCUT2D eigenvalue weighted by molar-refractivity contribution is 0.0694. The van der Waals surface area contributed by atoms with Crippen molar-refractivity contribution in [2.45, 2.75) is 6.92 Å². The summed E-state index contributed by atoms with van der Waals surface area (Å²) in [6.07, 6.45) is 1.30. The molecule has 0 atom stereocenters. The van der Waals surface area contributed by atoms with E-state index in [9.17, 15) is 9.90 Å². The number of para-hydroxylation sites is 1. The van der Waals surface area contributed by atoms with Gasteiger partial charge < -0.3 is 9.84 Å². The van der Waals surface area contributed by atoms with Gasteiger partial charge in [0.15, 0.2) is 11.4 Å². The van der Waals surface area contributed by atoms with Gasteiger partial charge in [0.25, 0.3) is 0 Å². The van der Waals surface area contributed by atoms with Crippen LogP contribution < -0.4 is 4.74 Å². The van der Waals surface area contributed by atoms with Crippen molar-refractivity contribution in [3.63, 3.8) is 0 Å². The molecule has 0 bridgehead atoms. The fraction of sp³-hybridized carbons (Fsp3) is 0.133. The van der Waals surface area contributed by atoms with E-state index in [-0.39, 0.29) is 11.3 Å². The Hall–Kier alpha value is -2.89. The predicted octanol–water partition coefficient (Wildman–Crippen LogP) is 2.77. The standard InChI is InChI=1S/C15H13N3O3/c1-9-12-13(21-10-6-4-3-5-7-10)11(15(19)20)8-16-14(12)18(2)17-9/h3-8H,1-2H3,(H,19,20). The first-order valence-corrected chi connectivity index (χ1v) is 6.36. The first kappa shape index (κ1) is 13.1. The molecule has 2 aromatic heterocycles. The Balaban J connectivity index is 2.26. The summed E-state index contributed by atoms with van der Waals surface area (Å²) in [5.41, 5.74) is 1.28. The summed E-state index contributed by atoms with van der Waals surface area (Å²) in [4.78, 5) is 15.6. The number of hydrogen-bond acceptors (Lipinski definition) is 4. The van der Waals surface area contributed by atoms with Gasteiger partial charge in [0.1, 0.15) is 11.3 Å². The van der Waals surface area contributed by atoms with Crippen molar-refractivity contribution >= 4 is 17.0 Å². The number of hydrogen-bond donors (Lipinski definition) is 1. The molecule has 106 valence electrons. The summed E-state index contributed by atoms with van der Waals surface area (Å²) in [6.45, 7) is 1.80. The Morgan fingerprint density at radius 2 is 2.00 bits per heavy atom. The van der Waals surface area contributed by atoms with Gasteiger partial charge >= 0.3 is 5.97 Å². The third-order valence-corrected chi connectivity index (χ3v) is 3.17. The van der Waals surface area contributed by atoms with Gasteiger partial charge in [0.05, 0.1) is 11.1 Å². The lowest BCUT2D eigenvalue weighted by Gasteiger charge is -2.10. The second kappa shape index (κ2) is 4.90. The molecule has 0 unspecified atom stereocenters. The van der Waals surface area contributed by atoms with Gasteiger partial charge in [-0.25, -0.2) is 9.78 Å². The van der Waals surface area contributed by atoms with Crippen molar-refractivity contribution in [1.29, 1.82) is 0 Å². The van der Waals surface area contributed by atoms with E-state index in [0.29, 0.717) is 22.5 Å². The molecule has 21 heavy (non-hydrogen) atoms. The molecule has 0 aliphatic rings. The minimum Gasteiger partial charge on any atom is -0.477 e. The number of ether oxygens (including phenoxy) is 1. The number of pyridine rings is 1. The Kier molecular flexibility index (Phi) is 3.06. The number of carboxylic acids is 1. The van der Waals surface area contributed by atoms with Crippen LogP contribution in [0.3, 0.4) is 0 Å². The van der Waals surface area contributed by atoms with Crippen LogP contribution in [-0.4, -0.2) is 25.8 Å². The van der Waals surface area contributed by atoms with Crippen LogP contribution in [0, 0.1) is 6.92 Å². The Morgan fingerprint density at radius 1 is 1.29 bits per heavy atom. The first-order chi connectivity index (χ1) is 10.1. The largest absolute Gasteiger partial charge is 0.477 e. The fourth-order valence-corrected chi connectivity index (χ4v) is 2.24. The van der Waals surface area contributed by atoms with Crippen molar-refractivity contribution in [2.75, 3.05) is 0 Å². The van der Waals surface area contributed by atoms with Crippen LogP contribution in [0.15, 0.2) is 36.5 Å². The van der Waals surface area contributed by atoms with Crippen LogP contribution in [0.5, 0.6) is 11.5 Å². The number of carboxylic acid groups (broad SMARTS) is 1. The monoisotopic (exact) mass is 283 g/mol. The molecule has 2 heterocycles. The highest BCUT2D eigenvalue weighted by Gasteiger charge is 2.21. The molecule has 0 radical (unpaired) electrons. The summed E-state index contributed by atoms with van der Waals surface area (Å²) >= 11 is 0. The van der Waals surface area contributed by atoms with Crippen LogP contribution >= 0.6 is 0 Å². The van der Waals surface area contributed by atoms with Gasteiger partial charge in [-0.1, -0.05) is 18.2 Å². The van der Waals surface area contributed by atoms with E-state index in [2.05, 4.69) is 10.1 Å². The maximum Gasteiger partial charge on any atom is 0.341 e. The topological polar surface area (TPSA) is 77.2 Å². The van der Waals surface area contributed by atoms with E-state index in [1.807, 2.05) is 18.2 Å². The zero-order chi connectivity index (χ0) is 15.0. The van der Waals surface area contributed by atoms with Crippen molar-refractivity contribution in [1.82, 2.24) is 14.8 Å². The van der Waals surface area contributed by atoms with E-state index in [1.54, 1.807) is 30.8 Å². The number of aromatic nitrogens is 3. The molecule has 6 nitrogen and oxygen atoms in total. The summed E-state index contributed by atoms with van der Waals surface area (Å²) in [5.74, 6) is -0.251. The van der Waals surface area contributed by atoms with Crippen LogP contribution in [0.1, 0.15) is 16.1 Å². The molecule has 0 aliphatic carbocycles. The summed E-state index contributed by atoms with van der Waals surface area (Å²) in [7, 11) is 1.76. The molecule has 0 amide bonds. The SMILES string of the molecule is Cc1nn(C)c2ncc(C(=O)O)c(Oc3ccccc3)c12. The summed E-state index contributed by atoms with van der Waals surface area (Å²) < 4.78 is 7.41. The lowest BCUT2D eigenvalue weighted by atomic mass is 10.1. The van der Waals surface area contributed by atoms with E-state index in [4.69, 9.17) is 4.74 Å². The van der Waals surface area contributed by atoms with Crippen molar-refractivity contribution in [3.05, 3.63) is 47.8 Å². The molecule has 3 rings (SSSR count). The normalized spacial score (nSPS) is 10.8. The molecule has 1 aromatic carbocycles. The molecule has 6 heteroatoms. The van der Waals surface area contributed by atoms with Gasteiger partial charge in [-0.05, 0) is 19.1 Å². The number of nitrogens with zero attached hydrogens (tertiary/aromatic N) is 3. The van der Waals surface area contributed by atoms with Gasteiger partial charge in [-0.2, -0.15) is 5.10 Å². The number of benzene rings is 1. The number of aryl methyl sites for hydroxylation is 2. The maximum absolute atomic E-state index is 11.4. The Bertz CT molecular complexity index is 825. The lowest BCUT2D eigenvalue weighted by Crippen LogP contribution is -2.02. The molecule has 3 aromatic rings. The van der Waals surface area contributed by atoms with Gasteiger partial charge in [-0.3, -0.25) is 4.68 Å². The third-order valence-electron chi connectivity index (χ3n) is 3.17. The molecule has 0 aliphatic heterocycles. The van der Waals surface area contributed by atoms with Crippen LogP contribution in [0.2, 0.25) is 0 Å². The van der Waals surface area contributed by atoms with E-state index in [0.717, 1.165) is 0 Å². The molecule has 0 saturated carbocycles. The second-order valence-electron chi connectivity index (χ2n) is 4.63. The molecule has 1 N–H and O–H groups in total. The first-order valence-electron chi connectivity index (χ1n) is 6.36. The van der Waals surface area contributed by atoms with E-state index < -0.39 is 5.97 Å². The second-order valence-corrected chi connectivity index (χ2v) is 4.63. The maximum atomic E-state index is 11.4. The third kappa shape index (κ3) is 2.20. The smallest absolute Gasteiger partial charge is 0.341 e. The Morgan fingerprint density at radius 3 is 2.67 bits per heavy atom. The van der Waals surface area contributed by atoms with Crippen molar-refractivity contribution in [2.24, 2.45) is 7.05 Å². The zero-order valence-electron chi connectivity index (χ0n) is 11.6. The quantitative estimate of drug-likeness (QED) is 0.799. The molecule has 0 saturated heterocycles. The minimum atomic E-state index is -1.08. The van der Waals surface area contributed by atoms with Crippen LogP contribution in [-0.2, 0) is 7.05 Å². The number of rotatable bonds is 3. The van der Waals surface area contributed by atoms with E-state index >= 15 is 0 Å². The summed E-state index contributed by atoms with van der Waals surface area (Å²) in [6, 6.07) is 9.05. The van der Waals surface area contributed by atoms with Crippen LogP contribution in [0.4, 0.5) is 0 Å². The molecular formula is C15H13N3O3. The zero-order valence-corrected chi connectivity index (χ0v) is 11.6. The van der Waals surface area contributed by atoms with E-state index in [1.165, 1.54) is 6.20 Å². The highest BCUT2D eigenvalue weighted by atomic mass is 16.5. The average molecular weight is 283 g/mol. The summed E-state index contributed by atoms with van der Waals surface area (Å²) in [5, 5.41) is 14.2.